The summed E-state index contributed by atoms with van der Waals surface area (Å²) in [7, 11) is 3.12. The summed E-state index contributed by atoms with van der Waals surface area (Å²) >= 11 is 0. The Labute approximate surface area is 164 Å². The molecule has 0 saturated heterocycles. The van der Waals surface area contributed by atoms with Crippen LogP contribution in [0, 0.1) is 0 Å². The van der Waals surface area contributed by atoms with Gasteiger partial charge >= 0.3 is 0 Å². The number of carbonyl (C=O) groups is 1. The van der Waals surface area contributed by atoms with Gasteiger partial charge in [0.05, 0.1) is 20.8 Å². The first-order valence-corrected chi connectivity index (χ1v) is 9.00. The molecule has 0 fully saturated rings. The maximum absolute atomic E-state index is 12.6. The van der Waals surface area contributed by atoms with Crippen LogP contribution in [-0.2, 0) is 6.42 Å². The Balaban J connectivity index is 1.62. The summed E-state index contributed by atoms with van der Waals surface area (Å²) in [5, 5.41) is 2.86. The van der Waals surface area contributed by atoms with E-state index in [1.807, 2.05) is 24.3 Å². The number of rotatable bonds is 8. The summed E-state index contributed by atoms with van der Waals surface area (Å²) in [6.45, 7) is 0.546. The third-order valence-corrected chi connectivity index (χ3v) is 4.24. The fourth-order valence-electron chi connectivity index (χ4n) is 2.78. The molecule has 0 radical (unpaired) electrons. The molecule has 0 aliphatic heterocycles. The number of hydrogen-bond donors (Lipinski definition) is 1. The zero-order chi connectivity index (χ0) is 19.8. The van der Waals surface area contributed by atoms with E-state index in [1.54, 1.807) is 50.6 Å². The fraction of sp³-hybridized carbons (Fsp3) is 0.174. The number of nitrogens with one attached hydrogen (secondary N) is 1. The Morgan fingerprint density at radius 3 is 2.39 bits per heavy atom. The number of ether oxygens (including phenoxy) is 3. The maximum atomic E-state index is 12.6. The van der Waals surface area contributed by atoms with Gasteiger partial charge in [0, 0.05) is 23.7 Å². The molecule has 0 bridgehead atoms. The number of amides is 1. The minimum atomic E-state index is -0.222. The lowest BCUT2D eigenvalue weighted by Crippen LogP contribution is -2.12. The Bertz CT molecular complexity index is 925. The van der Waals surface area contributed by atoms with Crippen LogP contribution in [-0.4, -0.2) is 26.7 Å². The third kappa shape index (κ3) is 5.04. The van der Waals surface area contributed by atoms with Crippen molar-refractivity contribution in [1.29, 1.82) is 0 Å². The molecule has 0 aromatic heterocycles. The van der Waals surface area contributed by atoms with Crippen molar-refractivity contribution >= 4 is 11.6 Å². The van der Waals surface area contributed by atoms with Gasteiger partial charge in [0.2, 0.25) is 0 Å². The Morgan fingerprint density at radius 1 is 0.857 bits per heavy atom. The third-order valence-electron chi connectivity index (χ3n) is 4.24. The van der Waals surface area contributed by atoms with Gasteiger partial charge in [-0.2, -0.15) is 0 Å². The quantitative estimate of drug-likeness (QED) is 0.624. The molecule has 0 aliphatic carbocycles. The number of methoxy groups -OCH3 is 2. The second kappa shape index (κ2) is 9.46. The highest BCUT2D eigenvalue weighted by molar-refractivity contribution is 6.04. The largest absolute Gasteiger partial charge is 0.493 e. The van der Waals surface area contributed by atoms with Crippen molar-refractivity contribution in [2.45, 2.75) is 6.42 Å². The summed E-state index contributed by atoms with van der Waals surface area (Å²) in [5.74, 6) is 1.60. The van der Waals surface area contributed by atoms with Crippen LogP contribution in [0.15, 0.2) is 72.8 Å². The summed E-state index contributed by atoms with van der Waals surface area (Å²) in [4.78, 5) is 12.6. The van der Waals surface area contributed by atoms with Gasteiger partial charge in [-0.3, -0.25) is 4.79 Å². The molecule has 1 amide bonds. The first kappa shape index (κ1) is 19.3. The van der Waals surface area contributed by atoms with Crippen molar-refractivity contribution < 1.29 is 19.0 Å². The molecule has 0 unspecified atom stereocenters. The van der Waals surface area contributed by atoms with Crippen molar-refractivity contribution in [3.8, 4) is 17.2 Å². The lowest BCUT2D eigenvalue weighted by atomic mass is 10.1. The average molecular weight is 377 g/mol. The van der Waals surface area contributed by atoms with Crippen LogP contribution in [0.4, 0.5) is 5.69 Å². The summed E-state index contributed by atoms with van der Waals surface area (Å²) < 4.78 is 16.3. The van der Waals surface area contributed by atoms with Crippen LogP contribution in [0.5, 0.6) is 17.2 Å². The minimum Gasteiger partial charge on any atom is -0.493 e. The number of carbonyl (C=O) groups excluding carboxylic acids is 1. The lowest BCUT2D eigenvalue weighted by Gasteiger charge is -2.11. The molecular weight excluding hydrogens is 354 g/mol. The molecule has 3 aromatic carbocycles. The predicted molar refractivity (Wildman–Crippen MR) is 110 cm³/mol. The van der Waals surface area contributed by atoms with Gasteiger partial charge in [-0.05, 0) is 35.9 Å². The first-order valence-electron chi connectivity index (χ1n) is 9.00. The Kier molecular flexibility index (Phi) is 6.52. The van der Waals surface area contributed by atoms with Crippen LogP contribution in [0.25, 0.3) is 0 Å². The van der Waals surface area contributed by atoms with E-state index < -0.39 is 0 Å². The van der Waals surface area contributed by atoms with Crippen molar-refractivity contribution in [3.63, 3.8) is 0 Å². The van der Waals surface area contributed by atoms with Crippen molar-refractivity contribution in [3.05, 3.63) is 83.9 Å². The van der Waals surface area contributed by atoms with E-state index >= 15 is 0 Å². The van der Waals surface area contributed by atoms with E-state index in [9.17, 15) is 4.79 Å². The lowest BCUT2D eigenvalue weighted by molar-refractivity contribution is 0.102. The second-order valence-corrected chi connectivity index (χ2v) is 6.14. The van der Waals surface area contributed by atoms with Crippen molar-refractivity contribution in [2.24, 2.45) is 0 Å². The number of benzene rings is 3. The topological polar surface area (TPSA) is 56.8 Å². The summed E-state index contributed by atoms with van der Waals surface area (Å²) in [6.07, 6.45) is 0.808. The molecule has 5 nitrogen and oxygen atoms in total. The zero-order valence-electron chi connectivity index (χ0n) is 16.0. The van der Waals surface area contributed by atoms with Gasteiger partial charge in [0.25, 0.3) is 5.91 Å². The Hall–Kier alpha value is -3.47. The van der Waals surface area contributed by atoms with Crippen LogP contribution in [0.2, 0.25) is 0 Å². The highest BCUT2D eigenvalue weighted by Gasteiger charge is 2.10. The monoisotopic (exact) mass is 377 g/mol. The van der Waals surface area contributed by atoms with Gasteiger partial charge in [-0.25, -0.2) is 0 Å². The summed E-state index contributed by atoms with van der Waals surface area (Å²) in [6, 6.07) is 22.5. The molecule has 5 heteroatoms. The van der Waals surface area contributed by atoms with Crippen LogP contribution in [0.1, 0.15) is 15.9 Å². The number of anilines is 1. The van der Waals surface area contributed by atoms with Gasteiger partial charge < -0.3 is 19.5 Å². The van der Waals surface area contributed by atoms with E-state index in [0.717, 1.165) is 6.42 Å². The smallest absolute Gasteiger partial charge is 0.255 e. The molecule has 28 heavy (non-hydrogen) atoms. The predicted octanol–water partition coefficient (Wildman–Crippen LogP) is 4.58. The fourth-order valence-corrected chi connectivity index (χ4v) is 2.78. The molecule has 0 atom stereocenters. The maximum Gasteiger partial charge on any atom is 0.255 e. The highest BCUT2D eigenvalue weighted by atomic mass is 16.5. The zero-order valence-corrected chi connectivity index (χ0v) is 16.0. The number of hydrogen-bond acceptors (Lipinski definition) is 4. The SMILES string of the molecule is COc1ccc(NC(=O)c2cccc(OCCc3ccccc3)c2)cc1OC. The van der Waals surface area contributed by atoms with Crippen LogP contribution in [0.3, 0.4) is 0 Å². The average Bonchev–Trinajstić information content (AvgIpc) is 2.74. The van der Waals surface area contributed by atoms with Gasteiger partial charge in [-0.1, -0.05) is 36.4 Å². The molecule has 0 heterocycles. The van der Waals surface area contributed by atoms with Crippen LogP contribution < -0.4 is 19.5 Å². The van der Waals surface area contributed by atoms with E-state index in [2.05, 4.69) is 17.4 Å². The van der Waals surface area contributed by atoms with Crippen molar-refractivity contribution in [1.82, 2.24) is 0 Å². The van der Waals surface area contributed by atoms with E-state index in [-0.39, 0.29) is 5.91 Å². The standard InChI is InChI=1S/C23H23NO4/c1-26-21-12-11-19(16-22(21)27-2)24-23(25)18-9-6-10-20(15-18)28-14-13-17-7-4-3-5-8-17/h3-12,15-16H,13-14H2,1-2H3,(H,24,25). The second-order valence-electron chi connectivity index (χ2n) is 6.14. The molecule has 0 aliphatic rings. The van der Waals surface area contributed by atoms with E-state index in [4.69, 9.17) is 14.2 Å². The van der Waals surface area contributed by atoms with Crippen LogP contribution >= 0.6 is 0 Å². The molecule has 0 saturated carbocycles. The van der Waals surface area contributed by atoms with Gasteiger partial charge in [0.1, 0.15) is 5.75 Å². The van der Waals surface area contributed by atoms with E-state index in [1.165, 1.54) is 5.56 Å². The van der Waals surface area contributed by atoms with Gasteiger partial charge in [-0.15, -0.1) is 0 Å². The van der Waals surface area contributed by atoms with Crippen molar-refractivity contribution in [2.75, 3.05) is 26.1 Å². The normalized spacial score (nSPS) is 10.2. The molecule has 1 N–H and O–H groups in total. The Morgan fingerprint density at radius 2 is 1.64 bits per heavy atom. The molecular formula is C23H23NO4. The van der Waals surface area contributed by atoms with E-state index in [0.29, 0.717) is 35.1 Å². The molecule has 3 aromatic rings. The summed E-state index contributed by atoms with van der Waals surface area (Å²) in [5.41, 5.74) is 2.36. The van der Waals surface area contributed by atoms with Gasteiger partial charge in [0.15, 0.2) is 11.5 Å². The first-order chi connectivity index (χ1) is 13.7. The highest BCUT2D eigenvalue weighted by Crippen LogP contribution is 2.30. The molecule has 3 rings (SSSR count). The molecule has 144 valence electrons. The minimum absolute atomic E-state index is 0.222. The molecule has 0 spiro atoms.